The molecule has 4 nitrogen and oxygen atoms in total. The quantitative estimate of drug-likeness (QED) is 0.674. The molecule has 1 aliphatic rings. The van der Waals surface area contributed by atoms with Gasteiger partial charge in [-0.3, -0.25) is 0 Å². The van der Waals surface area contributed by atoms with E-state index in [1.807, 2.05) is 6.92 Å². The predicted octanol–water partition coefficient (Wildman–Crippen LogP) is 2.24. The predicted molar refractivity (Wildman–Crippen MR) is 85.7 cm³/mol. The van der Waals surface area contributed by atoms with Crippen LogP contribution in [0.5, 0.6) is 0 Å². The third kappa shape index (κ3) is 5.51. The Bertz CT molecular complexity index is 379. The minimum absolute atomic E-state index is 0.0199. The van der Waals surface area contributed by atoms with E-state index in [1.54, 1.807) is 4.31 Å². The molecule has 1 saturated heterocycles. The van der Waals surface area contributed by atoms with Crippen molar-refractivity contribution in [3.8, 4) is 0 Å². The van der Waals surface area contributed by atoms with E-state index in [4.69, 9.17) is 11.6 Å². The smallest absolute Gasteiger partial charge is 0.214 e. The van der Waals surface area contributed by atoms with Gasteiger partial charge in [0.15, 0.2) is 0 Å². The Kier molecular flexibility index (Phi) is 7.25. The lowest BCUT2D eigenvalue weighted by atomic mass is 9.97. The van der Waals surface area contributed by atoms with Crippen LogP contribution in [0.15, 0.2) is 0 Å². The van der Waals surface area contributed by atoms with E-state index >= 15 is 0 Å². The van der Waals surface area contributed by atoms with E-state index in [1.165, 1.54) is 0 Å². The molecule has 6 heteroatoms. The molecule has 0 aromatic rings. The molecule has 0 amide bonds. The third-order valence-corrected chi connectivity index (χ3v) is 6.82. The minimum Gasteiger partial charge on any atom is -0.304 e. The highest BCUT2D eigenvalue weighted by Gasteiger charge is 2.29. The number of hydrogen-bond donors (Lipinski definition) is 0. The van der Waals surface area contributed by atoms with Crippen molar-refractivity contribution in [2.24, 2.45) is 11.8 Å². The van der Waals surface area contributed by atoms with Gasteiger partial charge in [-0.1, -0.05) is 6.92 Å². The molecule has 20 heavy (non-hydrogen) atoms. The van der Waals surface area contributed by atoms with Crippen molar-refractivity contribution in [2.75, 3.05) is 38.3 Å². The van der Waals surface area contributed by atoms with Crippen LogP contribution in [0.3, 0.4) is 0 Å². The normalized spacial score (nSPS) is 20.8. The third-order valence-electron chi connectivity index (χ3n) is 4.15. The van der Waals surface area contributed by atoms with Gasteiger partial charge in [0, 0.05) is 31.6 Å². The summed E-state index contributed by atoms with van der Waals surface area (Å²) < 4.78 is 26.2. The van der Waals surface area contributed by atoms with Crippen LogP contribution in [0.1, 0.15) is 33.6 Å². The van der Waals surface area contributed by atoms with Crippen molar-refractivity contribution >= 4 is 21.6 Å². The molecule has 0 radical (unpaired) electrons. The first-order chi connectivity index (χ1) is 9.26. The average molecular weight is 325 g/mol. The van der Waals surface area contributed by atoms with Gasteiger partial charge in [-0.2, -0.15) is 0 Å². The lowest BCUT2D eigenvalue weighted by Gasteiger charge is -2.34. The fourth-order valence-corrected chi connectivity index (χ4v) is 4.55. The lowest BCUT2D eigenvalue weighted by molar-refractivity contribution is 0.181. The second kappa shape index (κ2) is 7.97. The zero-order valence-corrected chi connectivity index (χ0v) is 14.8. The summed E-state index contributed by atoms with van der Waals surface area (Å²) >= 11 is 5.72. The highest BCUT2D eigenvalue weighted by molar-refractivity contribution is 7.89. The summed E-state index contributed by atoms with van der Waals surface area (Å²) in [5.41, 5.74) is 0. The first-order valence-electron chi connectivity index (χ1n) is 7.50. The number of nitrogens with zero attached hydrogens (tertiary/aromatic N) is 2. The fraction of sp³-hybridized carbons (Fsp3) is 1.00. The molecule has 0 saturated carbocycles. The maximum atomic E-state index is 12.2. The summed E-state index contributed by atoms with van der Waals surface area (Å²) in [5.74, 6) is 1.20. The van der Waals surface area contributed by atoms with Crippen molar-refractivity contribution in [2.45, 2.75) is 39.7 Å². The van der Waals surface area contributed by atoms with E-state index in [-0.39, 0.29) is 11.7 Å². The SMILES string of the molecule is CC(CCl)CS(=O)(=O)N1CCC(CN(C)C(C)C)CC1. The molecule has 0 aromatic heterocycles. The number of piperidine rings is 1. The second-order valence-electron chi connectivity index (χ2n) is 6.41. The molecule has 1 unspecified atom stereocenters. The van der Waals surface area contributed by atoms with Gasteiger partial charge in [-0.15, -0.1) is 11.6 Å². The van der Waals surface area contributed by atoms with Gasteiger partial charge in [-0.05, 0) is 45.6 Å². The monoisotopic (exact) mass is 324 g/mol. The number of sulfonamides is 1. The van der Waals surface area contributed by atoms with Gasteiger partial charge in [0.1, 0.15) is 0 Å². The van der Waals surface area contributed by atoms with E-state index in [0.29, 0.717) is 30.9 Å². The van der Waals surface area contributed by atoms with Crippen molar-refractivity contribution < 1.29 is 8.42 Å². The standard InChI is InChI=1S/C14H29ClN2O2S/c1-12(2)16(4)10-14-5-7-17(8-6-14)20(18,19)11-13(3)9-15/h12-14H,5-11H2,1-4H3. The first kappa shape index (κ1) is 18.2. The minimum atomic E-state index is -3.13. The number of hydrogen-bond acceptors (Lipinski definition) is 3. The molecule has 1 heterocycles. The molecule has 120 valence electrons. The molecular formula is C14H29ClN2O2S. The molecule has 0 aliphatic carbocycles. The molecule has 0 N–H and O–H groups in total. The topological polar surface area (TPSA) is 40.6 Å². The molecule has 0 spiro atoms. The van der Waals surface area contributed by atoms with Crippen molar-refractivity contribution in [3.63, 3.8) is 0 Å². The van der Waals surface area contributed by atoms with Crippen LogP contribution in [0.25, 0.3) is 0 Å². The van der Waals surface area contributed by atoms with Gasteiger partial charge in [0.25, 0.3) is 0 Å². The Morgan fingerprint density at radius 1 is 1.25 bits per heavy atom. The van der Waals surface area contributed by atoms with Crippen LogP contribution < -0.4 is 0 Å². The zero-order chi connectivity index (χ0) is 15.3. The molecule has 1 aliphatic heterocycles. The molecule has 1 rings (SSSR count). The van der Waals surface area contributed by atoms with Crippen LogP contribution in [0.4, 0.5) is 0 Å². The van der Waals surface area contributed by atoms with Crippen LogP contribution in [0, 0.1) is 11.8 Å². The maximum Gasteiger partial charge on any atom is 0.214 e. The lowest BCUT2D eigenvalue weighted by Crippen LogP contribution is -2.43. The number of halogens is 1. The Morgan fingerprint density at radius 3 is 2.25 bits per heavy atom. The summed E-state index contributed by atoms with van der Waals surface area (Å²) in [4.78, 5) is 2.34. The number of rotatable bonds is 7. The molecule has 1 atom stereocenters. The molecule has 1 fully saturated rings. The highest BCUT2D eigenvalue weighted by Crippen LogP contribution is 2.22. The highest BCUT2D eigenvalue weighted by atomic mass is 35.5. The van der Waals surface area contributed by atoms with Crippen molar-refractivity contribution in [1.29, 1.82) is 0 Å². The van der Waals surface area contributed by atoms with Crippen molar-refractivity contribution in [3.05, 3.63) is 0 Å². The first-order valence-corrected chi connectivity index (χ1v) is 9.64. The van der Waals surface area contributed by atoms with E-state index in [9.17, 15) is 8.42 Å². The molecule has 0 bridgehead atoms. The van der Waals surface area contributed by atoms with Gasteiger partial charge >= 0.3 is 0 Å². The zero-order valence-electron chi connectivity index (χ0n) is 13.2. The fourth-order valence-electron chi connectivity index (χ4n) is 2.50. The summed E-state index contributed by atoms with van der Waals surface area (Å²) in [6, 6.07) is 0.543. The maximum absolute atomic E-state index is 12.2. The Hall–Kier alpha value is 0.160. The Balaban J connectivity index is 2.45. The Labute approximate surface area is 129 Å². The molecule has 0 aromatic carbocycles. The number of alkyl halides is 1. The van der Waals surface area contributed by atoms with Crippen LogP contribution in [-0.4, -0.2) is 62.0 Å². The second-order valence-corrected chi connectivity index (χ2v) is 8.74. The van der Waals surface area contributed by atoms with E-state index < -0.39 is 10.0 Å². The van der Waals surface area contributed by atoms with Crippen LogP contribution in [-0.2, 0) is 10.0 Å². The van der Waals surface area contributed by atoms with E-state index in [0.717, 1.165) is 19.4 Å². The van der Waals surface area contributed by atoms with Crippen LogP contribution >= 0.6 is 11.6 Å². The largest absolute Gasteiger partial charge is 0.304 e. The van der Waals surface area contributed by atoms with Crippen LogP contribution in [0.2, 0.25) is 0 Å². The summed E-state index contributed by atoms with van der Waals surface area (Å²) in [6.07, 6.45) is 1.93. The molecular weight excluding hydrogens is 296 g/mol. The van der Waals surface area contributed by atoms with E-state index in [2.05, 4.69) is 25.8 Å². The van der Waals surface area contributed by atoms with Gasteiger partial charge in [0.2, 0.25) is 10.0 Å². The van der Waals surface area contributed by atoms with Gasteiger partial charge < -0.3 is 4.90 Å². The van der Waals surface area contributed by atoms with Gasteiger partial charge in [0.05, 0.1) is 5.75 Å². The summed E-state index contributed by atoms with van der Waals surface area (Å²) in [5, 5.41) is 0. The Morgan fingerprint density at radius 2 is 1.80 bits per heavy atom. The summed E-state index contributed by atoms with van der Waals surface area (Å²) in [7, 11) is -0.993. The summed E-state index contributed by atoms with van der Waals surface area (Å²) in [6.45, 7) is 8.64. The van der Waals surface area contributed by atoms with Gasteiger partial charge in [-0.25, -0.2) is 12.7 Å². The average Bonchev–Trinajstić information content (AvgIpc) is 2.38. The van der Waals surface area contributed by atoms with Crippen molar-refractivity contribution in [1.82, 2.24) is 9.21 Å².